The molecule has 0 unspecified atom stereocenters. The molecule has 0 saturated heterocycles. The number of hydrogen-bond acceptors (Lipinski definition) is 10. The van der Waals surface area contributed by atoms with E-state index < -0.39 is 29.3 Å². The summed E-state index contributed by atoms with van der Waals surface area (Å²) in [5.74, 6) is -0.800. The van der Waals surface area contributed by atoms with Crippen molar-refractivity contribution in [3.8, 4) is 34.1 Å². The highest BCUT2D eigenvalue weighted by Gasteiger charge is 2.45. The molecule has 1 aliphatic rings. The summed E-state index contributed by atoms with van der Waals surface area (Å²) in [7, 11) is 0. The van der Waals surface area contributed by atoms with Crippen LogP contribution in [0.2, 0.25) is 0 Å². The Morgan fingerprint density at radius 2 is 0.807 bits per heavy atom. The lowest BCUT2D eigenvalue weighted by molar-refractivity contribution is -0.145. The summed E-state index contributed by atoms with van der Waals surface area (Å²) < 4.78 is 31.9. The van der Waals surface area contributed by atoms with Crippen molar-refractivity contribution in [3.63, 3.8) is 0 Å². The number of benzene rings is 6. The summed E-state index contributed by atoms with van der Waals surface area (Å²) >= 11 is 0. The van der Waals surface area contributed by atoms with E-state index in [9.17, 15) is 19.2 Å². The molecule has 10 heteroatoms. The highest BCUT2D eigenvalue weighted by Crippen LogP contribution is 2.56. The van der Waals surface area contributed by atoms with Gasteiger partial charge in [0.2, 0.25) is 13.6 Å². The minimum atomic E-state index is -0.760. The number of esters is 4. The maximum absolute atomic E-state index is 13.1. The molecule has 0 fully saturated rings. The van der Waals surface area contributed by atoms with Gasteiger partial charge in [0.15, 0.2) is 0 Å². The molecule has 0 spiro atoms. The quantitative estimate of drug-likeness (QED) is 0.0461. The summed E-state index contributed by atoms with van der Waals surface area (Å²) in [4.78, 5) is 48.7. The first kappa shape index (κ1) is 37.6. The van der Waals surface area contributed by atoms with Gasteiger partial charge in [-0.15, -0.1) is 0 Å². The van der Waals surface area contributed by atoms with Crippen LogP contribution in [0.15, 0.2) is 171 Å². The van der Waals surface area contributed by atoms with Crippen LogP contribution in [-0.2, 0) is 24.5 Å². The lowest BCUT2D eigenvalue weighted by Crippen LogP contribution is -2.28. The molecule has 7 rings (SSSR count). The molecule has 0 bridgehead atoms. The topological polar surface area (TPSA) is 124 Å². The van der Waals surface area contributed by atoms with Crippen molar-refractivity contribution in [2.24, 2.45) is 0 Å². The third kappa shape index (κ3) is 7.92. The molecule has 6 aromatic rings. The number of carbonyl (C=O) groups is 4. The smallest absolute Gasteiger partial charge is 0.343 e. The van der Waals surface area contributed by atoms with E-state index in [0.29, 0.717) is 34.1 Å². The predicted octanol–water partition coefficient (Wildman–Crippen LogP) is 8.62. The van der Waals surface area contributed by atoms with Crippen LogP contribution in [-0.4, -0.2) is 37.5 Å². The zero-order chi connectivity index (χ0) is 39.8. The third-order valence-electron chi connectivity index (χ3n) is 9.31. The van der Waals surface area contributed by atoms with E-state index in [4.69, 9.17) is 28.4 Å². The van der Waals surface area contributed by atoms with Gasteiger partial charge in [-0.2, -0.15) is 0 Å². The highest BCUT2D eigenvalue weighted by molar-refractivity contribution is 5.92. The highest BCUT2D eigenvalue weighted by atomic mass is 16.7. The summed E-state index contributed by atoms with van der Waals surface area (Å²) in [6.07, 6.45) is 2.08. The Morgan fingerprint density at radius 1 is 0.456 bits per heavy atom. The summed E-state index contributed by atoms with van der Waals surface area (Å²) in [5.41, 5.74) is 6.06. The van der Waals surface area contributed by atoms with Crippen LogP contribution in [0.25, 0.3) is 11.1 Å². The molecule has 0 N–H and O–H groups in total. The number of fused-ring (bicyclic) bond motifs is 3. The lowest BCUT2D eigenvalue weighted by Gasteiger charge is -2.34. The Morgan fingerprint density at radius 3 is 1.18 bits per heavy atom. The van der Waals surface area contributed by atoms with Crippen LogP contribution in [0, 0.1) is 0 Å². The van der Waals surface area contributed by atoms with E-state index >= 15 is 0 Å². The standard InChI is InChI=1S/C47H34O10/c1-3-43(48)54-29-52-35-21-13-31(14-22-35)45(50)56-37-25-17-33(18-26-37)47(41-11-7-5-9-39(41)40-10-6-8-12-42(40)47)34-19-27-38(28-20-34)57-46(51)32-15-23-36(24-16-32)53-30-55-44(49)4-2/h3-28H,1-2,29-30H2. The molecule has 0 heterocycles. The van der Waals surface area contributed by atoms with Gasteiger partial charge in [-0.25, -0.2) is 19.2 Å². The van der Waals surface area contributed by atoms with E-state index in [0.717, 1.165) is 45.5 Å². The molecule has 0 amide bonds. The fourth-order valence-electron chi connectivity index (χ4n) is 6.71. The van der Waals surface area contributed by atoms with Crippen molar-refractivity contribution in [2.45, 2.75) is 5.41 Å². The van der Waals surface area contributed by atoms with Gasteiger partial charge in [-0.3, -0.25) is 0 Å². The van der Waals surface area contributed by atoms with Crippen LogP contribution in [0.5, 0.6) is 23.0 Å². The van der Waals surface area contributed by atoms with Crippen molar-refractivity contribution in [2.75, 3.05) is 13.6 Å². The van der Waals surface area contributed by atoms with Gasteiger partial charge in [0.25, 0.3) is 0 Å². The lowest BCUT2D eigenvalue weighted by atomic mass is 9.68. The first-order valence-corrected chi connectivity index (χ1v) is 17.7. The van der Waals surface area contributed by atoms with Crippen molar-refractivity contribution in [1.82, 2.24) is 0 Å². The van der Waals surface area contributed by atoms with Crippen molar-refractivity contribution >= 4 is 23.9 Å². The largest absolute Gasteiger partial charge is 0.457 e. The maximum Gasteiger partial charge on any atom is 0.343 e. The molecule has 0 saturated carbocycles. The van der Waals surface area contributed by atoms with Gasteiger partial charge in [0.1, 0.15) is 23.0 Å². The van der Waals surface area contributed by atoms with Crippen LogP contribution >= 0.6 is 0 Å². The number of rotatable bonds is 14. The zero-order valence-electron chi connectivity index (χ0n) is 30.4. The minimum absolute atomic E-state index is 0.290. The molecule has 282 valence electrons. The van der Waals surface area contributed by atoms with E-state index in [1.807, 2.05) is 48.5 Å². The molecule has 0 radical (unpaired) electrons. The number of carbonyl (C=O) groups excluding carboxylic acids is 4. The van der Waals surface area contributed by atoms with E-state index in [1.54, 1.807) is 72.8 Å². The van der Waals surface area contributed by atoms with Crippen LogP contribution in [0.4, 0.5) is 0 Å². The number of ether oxygens (including phenoxy) is 6. The summed E-state index contributed by atoms with van der Waals surface area (Å²) in [6.45, 7) is 6.09. The summed E-state index contributed by atoms with van der Waals surface area (Å²) in [6, 6.07) is 43.9. The monoisotopic (exact) mass is 758 g/mol. The minimum Gasteiger partial charge on any atom is -0.457 e. The molecular formula is C47H34O10. The average Bonchev–Trinajstić information content (AvgIpc) is 3.55. The maximum atomic E-state index is 13.1. The molecule has 0 aromatic heterocycles. The van der Waals surface area contributed by atoms with E-state index in [1.165, 1.54) is 0 Å². The molecule has 10 nitrogen and oxygen atoms in total. The average molecular weight is 759 g/mol. The van der Waals surface area contributed by atoms with Crippen molar-refractivity contribution in [3.05, 3.63) is 204 Å². The van der Waals surface area contributed by atoms with Crippen molar-refractivity contribution in [1.29, 1.82) is 0 Å². The van der Waals surface area contributed by atoms with Gasteiger partial charge in [0.05, 0.1) is 16.5 Å². The van der Waals surface area contributed by atoms with Crippen LogP contribution in [0.1, 0.15) is 43.0 Å². The fraction of sp³-hybridized carbons (Fsp3) is 0.0638. The zero-order valence-corrected chi connectivity index (χ0v) is 30.4. The summed E-state index contributed by atoms with van der Waals surface area (Å²) in [5, 5.41) is 0. The second-order valence-electron chi connectivity index (χ2n) is 12.6. The van der Waals surface area contributed by atoms with Gasteiger partial charge >= 0.3 is 23.9 Å². The second kappa shape index (κ2) is 16.7. The van der Waals surface area contributed by atoms with Gasteiger partial charge in [0, 0.05) is 12.2 Å². The fourth-order valence-corrected chi connectivity index (χ4v) is 6.71. The van der Waals surface area contributed by atoms with E-state index in [-0.39, 0.29) is 13.6 Å². The Kier molecular flexibility index (Phi) is 11.0. The SMILES string of the molecule is C=CC(=O)OCOc1ccc(C(=O)Oc2ccc(C3(c4ccc(OC(=O)c5ccc(OCOC(=O)C=C)cc5)cc4)c4ccccc4-c4ccccc43)cc2)cc1. The Bertz CT molecular complexity index is 2280. The predicted molar refractivity (Wildman–Crippen MR) is 210 cm³/mol. The molecule has 57 heavy (non-hydrogen) atoms. The first-order chi connectivity index (χ1) is 27.8. The molecule has 0 aliphatic heterocycles. The normalized spacial score (nSPS) is 11.9. The Labute approximate surface area is 328 Å². The third-order valence-corrected chi connectivity index (χ3v) is 9.31. The first-order valence-electron chi connectivity index (χ1n) is 17.7. The molecule has 0 atom stereocenters. The van der Waals surface area contributed by atoms with Crippen LogP contribution < -0.4 is 18.9 Å². The molecule has 6 aromatic carbocycles. The van der Waals surface area contributed by atoms with Crippen LogP contribution in [0.3, 0.4) is 0 Å². The van der Waals surface area contributed by atoms with E-state index in [2.05, 4.69) is 37.4 Å². The second-order valence-corrected chi connectivity index (χ2v) is 12.6. The molecular weight excluding hydrogens is 725 g/mol. The van der Waals surface area contributed by atoms with Gasteiger partial charge < -0.3 is 28.4 Å². The van der Waals surface area contributed by atoms with Gasteiger partial charge in [-0.1, -0.05) is 86.0 Å². The Hall–Kier alpha value is -7.72. The van der Waals surface area contributed by atoms with Gasteiger partial charge in [-0.05, 0) is 106 Å². The van der Waals surface area contributed by atoms with Crippen molar-refractivity contribution < 1.29 is 47.6 Å². The Balaban J connectivity index is 1.12. The molecule has 1 aliphatic carbocycles. The number of hydrogen-bond donors (Lipinski definition) is 0.